The molecule has 13 heavy (non-hydrogen) atoms. The third kappa shape index (κ3) is 3.94. The molecule has 1 heteroatoms. The van der Waals surface area contributed by atoms with E-state index in [9.17, 15) is 4.79 Å². The topological polar surface area (TPSA) is 17.1 Å². The molecule has 0 aliphatic rings. The van der Waals surface area contributed by atoms with Crippen LogP contribution in [0.15, 0.2) is 11.6 Å². The van der Waals surface area contributed by atoms with E-state index < -0.39 is 0 Å². The van der Waals surface area contributed by atoms with Gasteiger partial charge in [-0.15, -0.1) is 6.42 Å². The molecule has 0 heterocycles. The highest BCUT2D eigenvalue weighted by molar-refractivity contribution is 5.92. The number of Topliss-reactive ketones (excluding diaryl/α,β-unsaturated/α-hetero) is 1. The largest absolute Gasteiger partial charge is 0.295 e. The lowest BCUT2D eigenvalue weighted by molar-refractivity contribution is -0.113. The van der Waals surface area contributed by atoms with E-state index in [1.807, 2.05) is 19.9 Å². The van der Waals surface area contributed by atoms with Crippen LogP contribution in [0.25, 0.3) is 0 Å². The molecule has 0 rings (SSSR count). The molecule has 1 atom stereocenters. The molecule has 1 unspecified atom stereocenters. The lowest BCUT2D eigenvalue weighted by Crippen LogP contribution is -2.11. The Morgan fingerprint density at radius 1 is 1.54 bits per heavy atom. The van der Waals surface area contributed by atoms with Gasteiger partial charge in [0.1, 0.15) is 0 Å². The fourth-order valence-electron chi connectivity index (χ4n) is 0.827. The zero-order valence-electron chi connectivity index (χ0n) is 8.98. The van der Waals surface area contributed by atoms with Crippen LogP contribution in [0.5, 0.6) is 0 Å². The van der Waals surface area contributed by atoms with Crippen LogP contribution < -0.4 is 0 Å². The Morgan fingerprint density at radius 2 is 2.08 bits per heavy atom. The molecule has 0 radical (unpaired) electrons. The van der Waals surface area contributed by atoms with Crippen LogP contribution in [0.2, 0.25) is 0 Å². The van der Waals surface area contributed by atoms with Crippen molar-refractivity contribution in [1.82, 2.24) is 0 Å². The summed E-state index contributed by atoms with van der Waals surface area (Å²) in [5.74, 6) is 2.89. The Bertz CT molecular complexity index is 255. The highest BCUT2D eigenvalue weighted by atomic mass is 16.1. The highest BCUT2D eigenvalue weighted by Gasteiger charge is 2.16. The van der Waals surface area contributed by atoms with E-state index in [0.29, 0.717) is 0 Å². The zero-order valence-corrected chi connectivity index (χ0v) is 8.98. The van der Waals surface area contributed by atoms with Crippen LogP contribution in [0.3, 0.4) is 0 Å². The van der Waals surface area contributed by atoms with Gasteiger partial charge < -0.3 is 0 Å². The summed E-state index contributed by atoms with van der Waals surface area (Å²) in [4.78, 5) is 10.9. The van der Waals surface area contributed by atoms with E-state index in [-0.39, 0.29) is 11.2 Å². The lowest BCUT2D eigenvalue weighted by Gasteiger charge is -2.19. The van der Waals surface area contributed by atoms with Gasteiger partial charge in [-0.25, -0.2) is 0 Å². The maximum Gasteiger partial charge on any atom is 0.155 e. The van der Waals surface area contributed by atoms with Crippen molar-refractivity contribution in [3.05, 3.63) is 11.6 Å². The van der Waals surface area contributed by atoms with Crippen LogP contribution in [-0.2, 0) is 4.79 Å². The maximum atomic E-state index is 10.9. The molecular formula is C12H18O. The predicted octanol–water partition coefficient (Wildman–Crippen LogP) is 2.96. The molecule has 0 aromatic rings. The van der Waals surface area contributed by atoms with Gasteiger partial charge in [0.2, 0.25) is 0 Å². The van der Waals surface area contributed by atoms with Gasteiger partial charge in [-0.05, 0) is 39.2 Å². The average molecular weight is 178 g/mol. The molecule has 1 nitrogen and oxygen atoms in total. The SMILES string of the molecule is C#CC(C)(CC)CC=C(C)C(C)=O. The van der Waals surface area contributed by atoms with Crippen molar-refractivity contribution in [1.29, 1.82) is 0 Å². The molecular weight excluding hydrogens is 160 g/mol. The standard InChI is InChI=1S/C12H18O/c1-6-12(5,7-2)9-8-10(3)11(4)13/h1,8H,7,9H2,2-5H3. The van der Waals surface area contributed by atoms with E-state index in [0.717, 1.165) is 18.4 Å². The Morgan fingerprint density at radius 3 is 2.38 bits per heavy atom. The summed E-state index contributed by atoms with van der Waals surface area (Å²) in [5.41, 5.74) is 0.700. The summed E-state index contributed by atoms with van der Waals surface area (Å²) in [5, 5.41) is 0. The number of terminal acetylenes is 1. The molecule has 0 aliphatic carbocycles. The van der Waals surface area contributed by atoms with Gasteiger partial charge in [-0.3, -0.25) is 4.79 Å². The van der Waals surface area contributed by atoms with Gasteiger partial charge in [0.25, 0.3) is 0 Å². The minimum atomic E-state index is -0.100. The van der Waals surface area contributed by atoms with Crippen molar-refractivity contribution in [3.8, 4) is 12.3 Å². The number of carbonyl (C=O) groups excluding carboxylic acids is 1. The van der Waals surface area contributed by atoms with Crippen LogP contribution in [0.1, 0.15) is 40.5 Å². The summed E-state index contributed by atoms with van der Waals surface area (Å²) >= 11 is 0. The van der Waals surface area contributed by atoms with Crippen molar-refractivity contribution >= 4 is 5.78 Å². The summed E-state index contributed by atoms with van der Waals surface area (Å²) < 4.78 is 0. The molecule has 0 aromatic carbocycles. The number of hydrogen-bond acceptors (Lipinski definition) is 1. The first kappa shape index (κ1) is 12.0. The van der Waals surface area contributed by atoms with Crippen LogP contribution in [0, 0.1) is 17.8 Å². The van der Waals surface area contributed by atoms with E-state index in [1.165, 1.54) is 0 Å². The molecule has 0 N–H and O–H groups in total. The van der Waals surface area contributed by atoms with Crippen LogP contribution >= 0.6 is 0 Å². The Labute approximate surface area is 81.2 Å². The van der Waals surface area contributed by atoms with Gasteiger partial charge in [0.05, 0.1) is 0 Å². The van der Waals surface area contributed by atoms with E-state index in [4.69, 9.17) is 6.42 Å². The molecule has 0 amide bonds. The zero-order chi connectivity index (χ0) is 10.5. The van der Waals surface area contributed by atoms with Crippen LogP contribution in [0.4, 0.5) is 0 Å². The molecule has 0 bridgehead atoms. The highest BCUT2D eigenvalue weighted by Crippen LogP contribution is 2.25. The number of ketones is 1. The summed E-state index contributed by atoms with van der Waals surface area (Å²) in [6.45, 7) is 7.51. The van der Waals surface area contributed by atoms with Gasteiger partial charge in [0.15, 0.2) is 5.78 Å². The third-order valence-electron chi connectivity index (χ3n) is 2.54. The molecule has 0 spiro atoms. The summed E-state index contributed by atoms with van der Waals surface area (Å²) in [6.07, 6.45) is 9.07. The fourth-order valence-corrected chi connectivity index (χ4v) is 0.827. The first-order valence-electron chi connectivity index (χ1n) is 4.60. The van der Waals surface area contributed by atoms with Crippen molar-refractivity contribution in [2.24, 2.45) is 5.41 Å². The van der Waals surface area contributed by atoms with E-state index >= 15 is 0 Å². The number of rotatable bonds is 4. The Balaban J connectivity index is 4.39. The lowest BCUT2D eigenvalue weighted by atomic mass is 9.84. The predicted molar refractivity (Wildman–Crippen MR) is 56.3 cm³/mol. The number of hydrogen-bond donors (Lipinski definition) is 0. The monoisotopic (exact) mass is 178 g/mol. The van der Waals surface area contributed by atoms with Gasteiger partial charge in [-0.1, -0.05) is 18.9 Å². The Kier molecular flexibility index (Phi) is 4.48. The van der Waals surface area contributed by atoms with Crippen molar-refractivity contribution in [3.63, 3.8) is 0 Å². The molecule has 0 aliphatic heterocycles. The molecule has 0 saturated carbocycles. The van der Waals surface area contributed by atoms with Gasteiger partial charge in [-0.2, -0.15) is 0 Å². The second-order valence-electron chi connectivity index (χ2n) is 3.71. The number of allylic oxidation sites excluding steroid dienone is 2. The third-order valence-corrected chi connectivity index (χ3v) is 2.54. The minimum absolute atomic E-state index is 0.100. The first-order chi connectivity index (χ1) is 5.95. The van der Waals surface area contributed by atoms with Crippen molar-refractivity contribution in [2.75, 3.05) is 0 Å². The minimum Gasteiger partial charge on any atom is -0.295 e. The van der Waals surface area contributed by atoms with Gasteiger partial charge >= 0.3 is 0 Å². The summed E-state index contributed by atoms with van der Waals surface area (Å²) in [7, 11) is 0. The number of carbonyl (C=O) groups is 1. The molecule has 0 saturated heterocycles. The first-order valence-corrected chi connectivity index (χ1v) is 4.60. The van der Waals surface area contributed by atoms with Crippen molar-refractivity contribution < 1.29 is 4.79 Å². The van der Waals surface area contributed by atoms with E-state index in [2.05, 4.69) is 12.8 Å². The molecule has 72 valence electrons. The van der Waals surface area contributed by atoms with E-state index in [1.54, 1.807) is 6.92 Å². The second-order valence-corrected chi connectivity index (χ2v) is 3.71. The summed E-state index contributed by atoms with van der Waals surface area (Å²) in [6, 6.07) is 0. The fraction of sp³-hybridized carbons (Fsp3) is 0.583. The average Bonchev–Trinajstić information content (AvgIpc) is 2.13. The quantitative estimate of drug-likeness (QED) is 0.478. The normalized spacial score (nSPS) is 16.1. The molecule has 0 aromatic heterocycles. The second kappa shape index (κ2) is 4.87. The van der Waals surface area contributed by atoms with Gasteiger partial charge in [0, 0.05) is 5.41 Å². The maximum absolute atomic E-state index is 10.9. The molecule has 0 fully saturated rings. The smallest absolute Gasteiger partial charge is 0.155 e. The van der Waals surface area contributed by atoms with Crippen molar-refractivity contribution in [2.45, 2.75) is 40.5 Å². The Hall–Kier alpha value is -1.03. The van der Waals surface area contributed by atoms with Crippen LogP contribution in [-0.4, -0.2) is 5.78 Å².